The number of rotatable bonds is 3. The summed E-state index contributed by atoms with van der Waals surface area (Å²) in [5, 5.41) is 4.59. The molecule has 4 nitrogen and oxygen atoms in total. The molecule has 155 valence electrons. The smallest absolute Gasteiger partial charge is 0.186 e. The number of benzene rings is 2. The number of H-pyrrole nitrogens is 1. The second kappa shape index (κ2) is 7.10. The number of imidazole rings is 1. The van der Waals surface area contributed by atoms with Crippen LogP contribution in [-0.2, 0) is 5.54 Å². The molecule has 0 bridgehead atoms. The zero-order valence-corrected chi connectivity index (χ0v) is 18.0. The number of halogens is 2. The highest BCUT2D eigenvalue weighted by molar-refractivity contribution is 8.09. The lowest BCUT2D eigenvalue weighted by Gasteiger charge is -2.41. The van der Waals surface area contributed by atoms with Gasteiger partial charge in [0.25, 0.3) is 0 Å². The topological polar surface area (TPSA) is 35.2 Å². The molecule has 2 atom stereocenters. The summed E-state index contributed by atoms with van der Waals surface area (Å²) >= 11 is 1.78. The maximum absolute atomic E-state index is 14.3. The molecular weight excluding hydrogens is 402 g/mol. The van der Waals surface area contributed by atoms with Gasteiger partial charge in [-0.2, -0.15) is 0 Å². The summed E-state index contributed by atoms with van der Waals surface area (Å²) < 4.78 is 27.9. The molecule has 3 heterocycles. The Morgan fingerprint density at radius 3 is 2.90 bits per heavy atom. The molecule has 3 aromatic rings. The van der Waals surface area contributed by atoms with Gasteiger partial charge in [-0.25, -0.2) is 18.8 Å². The lowest BCUT2D eigenvalue weighted by molar-refractivity contribution is -0.0558. The second-order valence-corrected chi connectivity index (χ2v) is 9.54. The summed E-state index contributed by atoms with van der Waals surface area (Å²) in [7, 11) is 0. The predicted molar refractivity (Wildman–Crippen MR) is 116 cm³/mol. The maximum atomic E-state index is 14.3. The van der Waals surface area contributed by atoms with Crippen molar-refractivity contribution in [2.45, 2.75) is 44.5 Å². The SMILES string of the molecule is Cc1cccc(C2=[C]N(N3CCC[C@@]3(C)c3nc4c(F)c(F)ccc4[nH]3)C(C)S2)c1. The van der Waals surface area contributed by atoms with Crippen molar-refractivity contribution in [3.63, 3.8) is 0 Å². The fourth-order valence-electron chi connectivity index (χ4n) is 4.42. The molecule has 30 heavy (non-hydrogen) atoms. The van der Waals surface area contributed by atoms with Crippen molar-refractivity contribution in [3.05, 3.63) is 71.2 Å². The van der Waals surface area contributed by atoms with Crippen LogP contribution in [0.5, 0.6) is 0 Å². The van der Waals surface area contributed by atoms with E-state index in [0.29, 0.717) is 11.3 Å². The molecule has 0 saturated carbocycles. The molecule has 1 N–H and O–H groups in total. The van der Waals surface area contributed by atoms with Gasteiger partial charge >= 0.3 is 0 Å². The van der Waals surface area contributed by atoms with Gasteiger partial charge in [0.1, 0.15) is 11.3 Å². The highest BCUT2D eigenvalue weighted by atomic mass is 32.2. The van der Waals surface area contributed by atoms with Crippen molar-refractivity contribution in [2.24, 2.45) is 0 Å². The van der Waals surface area contributed by atoms with Crippen LogP contribution in [0.2, 0.25) is 0 Å². The quantitative estimate of drug-likeness (QED) is 0.595. The van der Waals surface area contributed by atoms with Crippen LogP contribution in [0, 0.1) is 24.8 Å². The van der Waals surface area contributed by atoms with Gasteiger partial charge in [0.15, 0.2) is 11.6 Å². The van der Waals surface area contributed by atoms with Gasteiger partial charge < -0.3 is 4.98 Å². The van der Waals surface area contributed by atoms with E-state index in [-0.39, 0.29) is 10.9 Å². The Morgan fingerprint density at radius 1 is 1.27 bits per heavy atom. The third-order valence-electron chi connectivity index (χ3n) is 6.05. The van der Waals surface area contributed by atoms with E-state index in [1.165, 1.54) is 5.56 Å². The Kier molecular flexibility index (Phi) is 4.63. The number of hydrogen-bond acceptors (Lipinski definition) is 4. The van der Waals surface area contributed by atoms with Crippen molar-refractivity contribution in [3.8, 4) is 0 Å². The fourth-order valence-corrected chi connectivity index (χ4v) is 5.44. The van der Waals surface area contributed by atoms with E-state index < -0.39 is 17.2 Å². The van der Waals surface area contributed by atoms with Crippen LogP contribution in [0.15, 0.2) is 36.4 Å². The van der Waals surface area contributed by atoms with Gasteiger partial charge in [0.05, 0.1) is 22.6 Å². The van der Waals surface area contributed by atoms with Crippen molar-refractivity contribution >= 4 is 27.7 Å². The zero-order valence-electron chi connectivity index (χ0n) is 17.2. The van der Waals surface area contributed by atoms with Gasteiger partial charge in [0, 0.05) is 11.4 Å². The first-order chi connectivity index (χ1) is 14.4. The number of aromatic amines is 1. The number of nitrogens with one attached hydrogen (secondary N) is 1. The average Bonchev–Trinajstić information content (AvgIpc) is 3.42. The molecule has 7 heteroatoms. The maximum Gasteiger partial charge on any atom is 0.186 e. The Labute approximate surface area is 178 Å². The molecule has 1 saturated heterocycles. The number of nitrogens with zero attached hydrogens (tertiary/aromatic N) is 3. The molecule has 0 amide bonds. The van der Waals surface area contributed by atoms with Crippen LogP contribution < -0.4 is 0 Å². The first-order valence-corrected chi connectivity index (χ1v) is 11.0. The number of aryl methyl sites for hydroxylation is 1. The van der Waals surface area contributed by atoms with Crippen molar-refractivity contribution in [1.82, 2.24) is 20.0 Å². The first-order valence-electron chi connectivity index (χ1n) is 10.1. The molecule has 2 aromatic carbocycles. The van der Waals surface area contributed by atoms with E-state index in [1.54, 1.807) is 17.8 Å². The van der Waals surface area contributed by atoms with Gasteiger partial charge in [-0.3, -0.25) is 5.01 Å². The van der Waals surface area contributed by atoms with E-state index in [1.807, 2.05) is 0 Å². The summed E-state index contributed by atoms with van der Waals surface area (Å²) in [4.78, 5) is 8.83. The molecule has 1 unspecified atom stereocenters. The normalized spacial score (nSPS) is 24.8. The Hall–Kier alpha value is -2.38. The van der Waals surface area contributed by atoms with E-state index >= 15 is 0 Å². The van der Waals surface area contributed by atoms with Crippen molar-refractivity contribution < 1.29 is 8.78 Å². The number of thioether (sulfide) groups is 1. The molecule has 2 aliphatic rings. The molecule has 2 aliphatic heterocycles. The van der Waals surface area contributed by atoms with Crippen LogP contribution in [0.1, 0.15) is 43.6 Å². The Morgan fingerprint density at radius 2 is 2.10 bits per heavy atom. The molecule has 1 aromatic heterocycles. The molecule has 1 fully saturated rings. The number of aromatic nitrogens is 2. The van der Waals surface area contributed by atoms with Crippen LogP contribution in [0.3, 0.4) is 0 Å². The highest BCUT2D eigenvalue weighted by Gasteiger charge is 2.46. The van der Waals surface area contributed by atoms with Crippen LogP contribution in [-0.4, -0.2) is 31.9 Å². The van der Waals surface area contributed by atoms with Gasteiger partial charge in [0.2, 0.25) is 0 Å². The fraction of sp³-hybridized carbons (Fsp3) is 0.348. The molecular formula is C23H23F2N4S. The summed E-state index contributed by atoms with van der Waals surface area (Å²) in [5.74, 6) is -1.12. The predicted octanol–water partition coefficient (Wildman–Crippen LogP) is 5.57. The monoisotopic (exact) mass is 425 g/mol. The third kappa shape index (κ3) is 3.03. The summed E-state index contributed by atoms with van der Waals surface area (Å²) in [6.07, 6.45) is 5.42. The first kappa shape index (κ1) is 19.6. The third-order valence-corrected chi connectivity index (χ3v) is 7.15. The largest absolute Gasteiger partial charge is 0.340 e. The molecule has 0 spiro atoms. The minimum Gasteiger partial charge on any atom is -0.340 e. The summed E-state index contributed by atoms with van der Waals surface area (Å²) in [6, 6.07) is 11.1. The molecule has 0 aliphatic carbocycles. The molecule has 5 rings (SSSR count). The van der Waals surface area contributed by atoms with Crippen molar-refractivity contribution in [2.75, 3.05) is 6.54 Å². The summed E-state index contributed by atoms with van der Waals surface area (Å²) in [6.45, 7) is 7.21. The van der Waals surface area contributed by atoms with Gasteiger partial charge in [-0.15, -0.1) is 0 Å². The van der Waals surface area contributed by atoms with Crippen LogP contribution in [0.25, 0.3) is 15.9 Å². The minimum atomic E-state index is -0.901. The lowest BCUT2D eigenvalue weighted by atomic mass is 9.99. The van der Waals surface area contributed by atoms with E-state index in [0.717, 1.165) is 35.9 Å². The number of hydrogen-bond donors (Lipinski definition) is 1. The zero-order chi connectivity index (χ0) is 21.0. The standard InChI is InChI=1S/C23H23F2N4S/c1-14-6-4-7-16(12-14)19-13-28(15(2)30-19)29-11-5-10-23(29,3)22-26-18-9-8-17(24)20(25)21(18)27-22/h4,6-9,12,15H,5,10-11H2,1-3H3,(H,26,27)/t15?,23-/m0/s1. The Bertz CT molecular complexity index is 1160. The highest BCUT2D eigenvalue weighted by Crippen LogP contribution is 2.46. The average molecular weight is 426 g/mol. The number of hydrazine groups is 1. The summed E-state index contributed by atoms with van der Waals surface area (Å²) in [5.41, 5.74) is 2.50. The molecule has 1 radical (unpaired) electrons. The van der Waals surface area contributed by atoms with Crippen LogP contribution >= 0.6 is 11.8 Å². The Balaban J connectivity index is 1.52. The van der Waals surface area contributed by atoms with Crippen LogP contribution in [0.4, 0.5) is 8.78 Å². The van der Waals surface area contributed by atoms with E-state index in [2.05, 4.69) is 71.2 Å². The second-order valence-electron chi connectivity index (χ2n) is 8.22. The van der Waals surface area contributed by atoms with E-state index in [9.17, 15) is 8.78 Å². The van der Waals surface area contributed by atoms with Gasteiger partial charge in [-0.1, -0.05) is 41.6 Å². The number of fused-ring (bicyclic) bond motifs is 1. The lowest BCUT2D eigenvalue weighted by Crippen LogP contribution is -2.50. The van der Waals surface area contributed by atoms with E-state index in [4.69, 9.17) is 0 Å². The van der Waals surface area contributed by atoms with Gasteiger partial charge in [-0.05, 0) is 51.3 Å². The minimum absolute atomic E-state index is 0.0573. The van der Waals surface area contributed by atoms with Crippen molar-refractivity contribution in [1.29, 1.82) is 0 Å².